The predicted molar refractivity (Wildman–Crippen MR) is 70.1 cm³/mol. The zero-order chi connectivity index (χ0) is 14.4. The van der Waals surface area contributed by atoms with Crippen LogP contribution in [0.1, 0.15) is 54.4 Å². The van der Waals surface area contributed by atoms with E-state index in [1.165, 1.54) is 0 Å². The topological polar surface area (TPSA) is 66.4 Å². The lowest BCUT2D eigenvalue weighted by Crippen LogP contribution is -2.54. The zero-order valence-corrected chi connectivity index (χ0v) is 12.3. The number of carboxylic acid groups (broad SMARTS) is 1. The van der Waals surface area contributed by atoms with E-state index in [1.807, 2.05) is 0 Å². The molecule has 0 heterocycles. The summed E-state index contributed by atoms with van der Waals surface area (Å²) < 4.78 is 0. The maximum Gasteiger partial charge on any atom is 0.329 e. The van der Waals surface area contributed by atoms with Crippen molar-refractivity contribution in [3.05, 3.63) is 0 Å². The molecule has 1 aliphatic rings. The van der Waals surface area contributed by atoms with Crippen LogP contribution in [-0.2, 0) is 9.59 Å². The van der Waals surface area contributed by atoms with Crippen LogP contribution < -0.4 is 5.32 Å². The number of carboxylic acids is 1. The molecule has 1 rings (SSSR count). The van der Waals surface area contributed by atoms with Crippen LogP contribution in [0.4, 0.5) is 0 Å². The summed E-state index contributed by atoms with van der Waals surface area (Å²) in [6.07, 6.45) is 0.802. The van der Waals surface area contributed by atoms with E-state index >= 15 is 0 Å². The molecule has 1 saturated carbocycles. The SMILES string of the molecule is CCC(CC)(NC(=O)C1C(C)(C)C1(C)C)C(=O)O. The van der Waals surface area contributed by atoms with Crippen LogP contribution in [0.5, 0.6) is 0 Å². The van der Waals surface area contributed by atoms with Crippen molar-refractivity contribution in [2.75, 3.05) is 0 Å². The Kier molecular flexibility index (Phi) is 3.54. The van der Waals surface area contributed by atoms with Crippen LogP contribution in [-0.4, -0.2) is 22.5 Å². The Morgan fingerprint density at radius 3 is 1.72 bits per heavy atom. The lowest BCUT2D eigenvalue weighted by atomic mass is 9.92. The smallest absolute Gasteiger partial charge is 0.329 e. The highest BCUT2D eigenvalue weighted by molar-refractivity contribution is 5.90. The molecule has 1 fully saturated rings. The molecule has 104 valence electrons. The molecule has 0 aromatic rings. The van der Waals surface area contributed by atoms with Crippen molar-refractivity contribution in [2.45, 2.75) is 59.9 Å². The fraction of sp³-hybridized carbons (Fsp3) is 0.857. The summed E-state index contributed by atoms with van der Waals surface area (Å²) >= 11 is 0. The van der Waals surface area contributed by atoms with Crippen molar-refractivity contribution in [2.24, 2.45) is 16.7 Å². The van der Waals surface area contributed by atoms with Gasteiger partial charge in [0.15, 0.2) is 0 Å². The Balaban J connectivity index is 2.86. The van der Waals surface area contributed by atoms with E-state index in [1.54, 1.807) is 13.8 Å². The summed E-state index contributed by atoms with van der Waals surface area (Å²) in [5.41, 5.74) is -1.25. The maximum absolute atomic E-state index is 12.3. The van der Waals surface area contributed by atoms with Gasteiger partial charge in [-0.1, -0.05) is 41.5 Å². The number of nitrogens with one attached hydrogen (secondary N) is 1. The van der Waals surface area contributed by atoms with Gasteiger partial charge in [0.25, 0.3) is 0 Å². The number of carbonyl (C=O) groups is 2. The largest absolute Gasteiger partial charge is 0.480 e. The van der Waals surface area contributed by atoms with Gasteiger partial charge in [-0.25, -0.2) is 4.79 Å². The molecule has 18 heavy (non-hydrogen) atoms. The van der Waals surface area contributed by atoms with E-state index in [2.05, 4.69) is 33.0 Å². The van der Waals surface area contributed by atoms with Crippen molar-refractivity contribution in [1.29, 1.82) is 0 Å². The molecule has 0 aromatic carbocycles. The molecular formula is C14H25NO3. The summed E-state index contributed by atoms with van der Waals surface area (Å²) in [6.45, 7) is 11.8. The van der Waals surface area contributed by atoms with E-state index in [4.69, 9.17) is 0 Å². The number of rotatable bonds is 5. The van der Waals surface area contributed by atoms with Crippen molar-refractivity contribution in [3.63, 3.8) is 0 Å². The average Bonchev–Trinajstić information content (AvgIpc) is 2.65. The van der Waals surface area contributed by atoms with Gasteiger partial charge >= 0.3 is 5.97 Å². The van der Waals surface area contributed by atoms with Crippen molar-refractivity contribution in [1.82, 2.24) is 5.32 Å². The second-order valence-electron chi connectivity index (χ2n) is 6.46. The molecular weight excluding hydrogens is 230 g/mol. The number of hydrogen-bond acceptors (Lipinski definition) is 2. The van der Waals surface area contributed by atoms with Crippen LogP contribution in [0.3, 0.4) is 0 Å². The molecule has 1 amide bonds. The Morgan fingerprint density at radius 1 is 1.11 bits per heavy atom. The molecule has 0 spiro atoms. The normalized spacial score (nSPS) is 21.4. The quantitative estimate of drug-likeness (QED) is 0.793. The summed E-state index contributed by atoms with van der Waals surface area (Å²) in [4.78, 5) is 23.7. The minimum atomic E-state index is -1.12. The fourth-order valence-electron chi connectivity index (χ4n) is 2.94. The Hall–Kier alpha value is -1.06. The predicted octanol–water partition coefficient (Wildman–Crippen LogP) is 2.43. The standard InChI is InChI=1S/C14H25NO3/c1-7-14(8-2,11(17)18)15-10(16)9-12(3,4)13(9,5)6/h9H,7-8H2,1-6H3,(H,15,16)(H,17,18). The van der Waals surface area contributed by atoms with Crippen LogP contribution in [0, 0.1) is 16.7 Å². The Labute approximate surface area is 109 Å². The molecule has 0 unspecified atom stereocenters. The highest BCUT2D eigenvalue weighted by Crippen LogP contribution is 2.68. The summed E-state index contributed by atoms with van der Waals surface area (Å²) in [5.74, 6) is -1.19. The van der Waals surface area contributed by atoms with Gasteiger partial charge in [0.1, 0.15) is 5.54 Å². The summed E-state index contributed by atoms with van der Waals surface area (Å²) in [7, 11) is 0. The van der Waals surface area contributed by atoms with E-state index in [-0.39, 0.29) is 22.7 Å². The fourth-order valence-corrected chi connectivity index (χ4v) is 2.94. The van der Waals surface area contributed by atoms with Crippen molar-refractivity contribution < 1.29 is 14.7 Å². The van der Waals surface area contributed by atoms with Gasteiger partial charge in [-0.05, 0) is 23.7 Å². The second-order valence-corrected chi connectivity index (χ2v) is 6.46. The van der Waals surface area contributed by atoms with Crippen LogP contribution in [0.2, 0.25) is 0 Å². The van der Waals surface area contributed by atoms with Crippen molar-refractivity contribution in [3.8, 4) is 0 Å². The van der Waals surface area contributed by atoms with E-state index in [9.17, 15) is 14.7 Å². The third-order valence-corrected chi connectivity index (χ3v) is 5.26. The molecule has 0 bridgehead atoms. The first kappa shape index (κ1) is 15.0. The number of aliphatic carboxylic acids is 1. The molecule has 0 aromatic heterocycles. The van der Waals surface area contributed by atoms with E-state index < -0.39 is 11.5 Å². The minimum absolute atomic E-state index is 0.0667. The number of carbonyl (C=O) groups excluding carboxylic acids is 1. The van der Waals surface area contributed by atoms with Gasteiger partial charge in [-0.15, -0.1) is 0 Å². The first-order valence-corrected chi connectivity index (χ1v) is 6.62. The number of amides is 1. The molecule has 0 atom stereocenters. The molecule has 2 N–H and O–H groups in total. The zero-order valence-electron chi connectivity index (χ0n) is 12.3. The average molecular weight is 255 g/mol. The third kappa shape index (κ3) is 1.91. The molecule has 0 saturated heterocycles. The lowest BCUT2D eigenvalue weighted by molar-refractivity contribution is -0.148. The second kappa shape index (κ2) is 4.25. The third-order valence-electron chi connectivity index (χ3n) is 5.26. The molecule has 0 aliphatic heterocycles. The number of hydrogen-bond donors (Lipinski definition) is 2. The van der Waals surface area contributed by atoms with Crippen LogP contribution >= 0.6 is 0 Å². The highest BCUT2D eigenvalue weighted by atomic mass is 16.4. The molecule has 0 radical (unpaired) electrons. The van der Waals surface area contributed by atoms with Crippen molar-refractivity contribution >= 4 is 11.9 Å². The Bertz CT molecular complexity index is 353. The van der Waals surface area contributed by atoms with Crippen LogP contribution in [0.15, 0.2) is 0 Å². The first-order chi connectivity index (χ1) is 8.06. The van der Waals surface area contributed by atoms with E-state index in [0.717, 1.165) is 0 Å². The maximum atomic E-state index is 12.3. The van der Waals surface area contributed by atoms with Gasteiger partial charge in [-0.2, -0.15) is 0 Å². The van der Waals surface area contributed by atoms with Gasteiger partial charge in [0.05, 0.1) is 0 Å². The Morgan fingerprint density at radius 2 is 1.50 bits per heavy atom. The lowest BCUT2D eigenvalue weighted by Gasteiger charge is -2.28. The highest BCUT2D eigenvalue weighted by Gasteiger charge is 2.68. The summed E-state index contributed by atoms with van der Waals surface area (Å²) in [5, 5.41) is 12.1. The van der Waals surface area contributed by atoms with Gasteiger partial charge in [-0.3, -0.25) is 4.79 Å². The van der Waals surface area contributed by atoms with Gasteiger partial charge < -0.3 is 10.4 Å². The van der Waals surface area contributed by atoms with Crippen LogP contribution in [0.25, 0.3) is 0 Å². The monoisotopic (exact) mass is 255 g/mol. The van der Waals surface area contributed by atoms with Gasteiger partial charge in [0, 0.05) is 5.92 Å². The first-order valence-electron chi connectivity index (χ1n) is 6.62. The molecule has 4 nitrogen and oxygen atoms in total. The van der Waals surface area contributed by atoms with Gasteiger partial charge in [0.2, 0.25) is 5.91 Å². The van der Waals surface area contributed by atoms with E-state index in [0.29, 0.717) is 12.8 Å². The minimum Gasteiger partial charge on any atom is -0.480 e. The molecule has 4 heteroatoms. The molecule has 1 aliphatic carbocycles. The summed E-state index contributed by atoms with van der Waals surface area (Å²) in [6, 6.07) is 0.